The van der Waals surface area contributed by atoms with Crippen molar-refractivity contribution >= 4 is 23.3 Å². The molecule has 3 rings (SSSR count). The van der Waals surface area contributed by atoms with E-state index in [9.17, 15) is 14.4 Å². The molecule has 0 aromatic carbocycles. The maximum Gasteiger partial charge on any atom is 0.379 e. The third-order valence-electron chi connectivity index (χ3n) is 4.49. The lowest BCUT2D eigenvalue weighted by Gasteiger charge is -2.10. The number of aromatic nitrogens is 5. The van der Waals surface area contributed by atoms with Crippen molar-refractivity contribution in [1.82, 2.24) is 24.6 Å². The zero-order chi connectivity index (χ0) is 20.7. The van der Waals surface area contributed by atoms with Gasteiger partial charge in [-0.2, -0.15) is 4.98 Å². The molecule has 3 aromatic heterocycles. The van der Waals surface area contributed by atoms with Gasteiger partial charge in [-0.05, 0) is 53.2 Å². The Morgan fingerprint density at radius 1 is 1.14 bits per heavy atom. The second-order valence-corrected chi connectivity index (χ2v) is 6.78. The van der Waals surface area contributed by atoms with E-state index in [1.165, 1.54) is 18.4 Å². The maximum atomic E-state index is 12.7. The summed E-state index contributed by atoms with van der Waals surface area (Å²) in [7, 11) is 0. The van der Waals surface area contributed by atoms with E-state index in [-0.39, 0.29) is 23.1 Å². The van der Waals surface area contributed by atoms with Crippen LogP contribution in [-0.4, -0.2) is 48.2 Å². The van der Waals surface area contributed by atoms with Crippen LogP contribution in [0, 0.1) is 27.7 Å². The van der Waals surface area contributed by atoms with E-state index in [1.54, 1.807) is 13.8 Å². The van der Waals surface area contributed by atoms with Gasteiger partial charge < -0.3 is 9.72 Å². The molecule has 3 heterocycles. The maximum absolute atomic E-state index is 12.7. The summed E-state index contributed by atoms with van der Waals surface area (Å²) in [6, 6.07) is 1.81. The van der Waals surface area contributed by atoms with Gasteiger partial charge in [0, 0.05) is 22.6 Å². The first-order valence-corrected chi connectivity index (χ1v) is 8.76. The molecule has 1 atom stereocenters. The Hall–Kier alpha value is -3.36. The highest BCUT2D eigenvalue weighted by atomic mass is 16.5. The number of aryl methyl sites for hydroxylation is 3. The molecule has 0 radical (unpaired) electrons. The average molecular weight is 383 g/mol. The molecular weight excluding hydrogens is 362 g/mol. The molecule has 0 bridgehead atoms. The van der Waals surface area contributed by atoms with Crippen LogP contribution in [0.2, 0.25) is 0 Å². The number of aromatic amines is 1. The summed E-state index contributed by atoms with van der Waals surface area (Å²) in [6.45, 7) is 9.94. The number of nitrogens with zero attached hydrogens (tertiary/aromatic N) is 4. The highest BCUT2D eigenvalue weighted by Gasteiger charge is 2.27. The van der Waals surface area contributed by atoms with Crippen molar-refractivity contribution in [3.05, 3.63) is 45.8 Å². The van der Waals surface area contributed by atoms with Crippen LogP contribution >= 0.6 is 0 Å². The SMILES string of the molecule is CC(=O)c1c(C)[nH]c(C(=O)[C@H](C)OC(=O)c2nc3nc(C)cc(C)n3n2)c1C. The molecule has 0 spiro atoms. The van der Waals surface area contributed by atoms with Gasteiger partial charge in [-0.15, -0.1) is 5.10 Å². The topological polar surface area (TPSA) is 119 Å². The molecule has 0 saturated carbocycles. The fourth-order valence-electron chi connectivity index (χ4n) is 3.25. The van der Waals surface area contributed by atoms with Gasteiger partial charge >= 0.3 is 5.97 Å². The molecule has 0 aliphatic heterocycles. The molecule has 9 nitrogen and oxygen atoms in total. The van der Waals surface area contributed by atoms with Crippen molar-refractivity contribution in [1.29, 1.82) is 0 Å². The zero-order valence-electron chi connectivity index (χ0n) is 16.6. The first-order chi connectivity index (χ1) is 13.1. The van der Waals surface area contributed by atoms with Gasteiger partial charge in [0.2, 0.25) is 5.78 Å². The largest absolute Gasteiger partial charge is 0.448 e. The number of carbonyl (C=O) groups excluding carboxylic acids is 3. The molecule has 1 N–H and O–H groups in total. The predicted octanol–water partition coefficient (Wildman–Crippen LogP) is 2.32. The quantitative estimate of drug-likeness (QED) is 0.530. The van der Waals surface area contributed by atoms with Crippen LogP contribution in [0.25, 0.3) is 5.78 Å². The lowest BCUT2D eigenvalue weighted by Crippen LogP contribution is -2.26. The Balaban J connectivity index is 1.83. The van der Waals surface area contributed by atoms with E-state index >= 15 is 0 Å². The van der Waals surface area contributed by atoms with Crippen LogP contribution < -0.4 is 0 Å². The number of hydrogen-bond acceptors (Lipinski definition) is 7. The molecule has 28 heavy (non-hydrogen) atoms. The highest BCUT2D eigenvalue weighted by Crippen LogP contribution is 2.20. The molecule has 0 unspecified atom stereocenters. The summed E-state index contributed by atoms with van der Waals surface area (Å²) < 4.78 is 6.70. The zero-order valence-corrected chi connectivity index (χ0v) is 16.6. The number of hydrogen-bond donors (Lipinski definition) is 1. The van der Waals surface area contributed by atoms with Crippen LogP contribution in [0.4, 0.5) is 0 Å². The summed E-state index contributed by atoms with van der Waals surface area (Å²) >= 11 is 0. The van der Waals surface area contributed by atoms with Gasteiger partial charge in [0.1, 0.15) is 0 Å². The van der Waals surface area contributed by atoms with Crippen molar-refractivity contribution in [3.63, 3.8) is 0 Å². The first kappa shape index (κ1) is 19.4. The van der Waals surface area contributed by atoms with Crippen LogP contribution in [-0.2, 0) is 4.74 Å². The molecule has 0 saturated heterocycles. The Labute approximate surface area is 161 Å². The van der Waals surface area contributed by atoms with E-state index in [0.29, 0.717) is 16.8 Å². The van der Waals surface area contributed by atoms with Crippen LogP contribution in [0.1, 0.15) is 68.0 Å². The Morgan fingerprint density at radius 2 is 1.82 bits per heavy atom. The number of nitrogens with one attached hydrogen (secondary N) is 1. The van der Waals surface area contributed by atoms with E-state index in [1.807, 2.05) is 19.9 Å². The minimum Gasteiger partial charge on any atom is -0.448 e. The minimum atomic E-state index is -1.08. The first-order valence-electron chi connectivity index (χ1n) is 8.76. The fourth-order valence-corrected chi connectivity index (χ4v) is 3.25. The van der Waals surface area contributed by atoms with Crippen molar-refractivity contribution in [2.75, 3.05) is 0 Å². The third kappa shape index (κ3) is 3.30. The smallest absolute Gasteiger partial charge is 0.379 e. The van der Waals surface area contributed by atoms with E-state index in [0.717, 1.165) is 11.4 Å². The molecule has 9 heteroatoms. The van der Waals surface area contributed by atoms with E-state index in [2.05, 4.69) is 20.1 Å². The number of ketones is 2. The standard InChI is InChI=1S/C19H21N5O4/c1-8-7-9(2)24-19(20-8)22-17(23-24)18(27)28-13(6)16(26)15-10(3)14(12(5)25)11(4)21-15/h7,13,21H,1-6H3/t13-/m0/s1. The second-order valence-electron chi connectivity index (χ2n) is 6.78. The van der Waals surface area contributed by atoms with Gasteiger partial charge in [0.25, 0.3) is 11.6 Å². The number of esters is 1. The Morgan fingerprint density at radius 3 is 2.43 bits per heavy atom. The summed E-state index contributed by atoms with van der Waals surface area (Å²) in [5.41, 5.74) is 3.39. The molecule has 146 valence electrons. The van der Waals surface area contributed by atoms with Gasteiger partial charge in [-0.25, -0.2) is 14.3 Å². The summed E-state index contributed by atoms with van der Waals surface area (Å²) in [6.07, 6.45) is -1.08. The van der Waals surface area contributed by atoms with Crippen molar-refractivity contribution in [2.24, 2.45) is 0 Å². The molecule has 0 aliphatic rings. The number of Topliss-reactive ketones (excluding diaryl/α,β-unsaturated/α-hetero) is 2. The van der Waals surface area contributed by atoms with Crippen molar-refractivity contribution < 1.29 is 19.1 Å². The average Bonchev–Trinajstić information content (AvgIpc) is 3.15. The molecule has 3 aromatic rings. The van der Waals surface area contributed by atoms with E-state index < -0.39 is 17.9 Å². The fraction of sp³-hybridized carbons (Fsp3) is 0.368. The van der Waals surface area contributed by atoms with Gasteiger partial charge in [-0.1, -0.05) is 0 Å². The normalized spacial score (nSPS) is 12.2. The molecule has 0 amide bonds. The lowest BCUT2D eigenvalue weighted by atomic mass is 10.0. The Kier molecular flexibility index (Phi) is 4.84. The highest BCUT2D eigenvalue weighted by molar-refractivity contribution is 6.05. The van der Waals surface area contributed by atoms with Crippen molar-refractivity contribution in [3.8, 4) is 0 Å². The second kappa shape index (κ2) is 6.99. The van der Waals surface area contributed by atoms with Crippen LogP contribution in [0.3, 0.4) is 0 Å². The monoisotopic (exact) mass is 383 g/mol. The summed E-state index contributed by atoms with van der Waals surface area (Å²) in [5.74, 6) is -1.29. The predicted molar refractivity (Wildman–Crippen MR) is 99.7 cm³/mol. The molecule has 0 aliphatic carbocycles. The lowest BCUT2D eigenvalue weighted by molar-refractivity contribution is 0.0305. The molecular formula is C19H21N5O4. The number of rotatable bonds is 5. The molecule has 0 fully saturated rings. The van der Waals surface area contributed by atoms with Crippen LogP contribution in [0.15, 0.2) is 6.07 Å². The third-order valence-corrected chi connectivity index (χ3v) is 4.49. The van der Waals surface area contributed by atoms with Crippen molar-refractivity contribution in [2.45, 2.75) is 47.6 Å². The van der Waals surface area contributed by atoms with Gasteiger partial charge in [0.15, 0.2) is 11.9 Å². The summed E-state index contributed by atoms with van der Waals surface area (Å²) in [5, 5.41) is 4.10. The minimum absolute atomic E-state index is 0.137. The van der Waals surface area contributed by atoms with Crippen LogP contribution in [0.5, 0.6) is 0 Å². The van der Waals surface area contributed by atoms with Gasteiger partial charge in [-0.3, -0.25) is 9.59 Å². The number of carbonyl (C=O) groups is 3. The number of ether oxygens (including phenoxy) is 1. The Bertz CT molecular complexity index is 1130. The van der Waals surface area contributed by atoms with Gasteiger partial charge in [0.05, 0.1) is 5.69 Å². The number of fused-ring (bicyclic) bond motifs is 1. The summed E-state index contributed by atoms with van der Waals surface area (Å²) in [4.78, 5) is 48.1. The number of H-pyrrole nitrogens is 1. The van der Waals surface area contributed by atoms with E-state index in [4.69, 9.17) is 4.74 Å².